The van der Waals surface area contributed by atoms with Crippen molar-refractivity contribution in [3.8, 4) is 5.82 Å². The zero-order valence-electron chi connectivity index (χ0n) is 14.2. The van der Waals surface area contributed by atoms with E-state index in [1.54, 1.807) is 36.7 Å². The van der Waals surface area contributed by atoms with Crippen LogP contribution in [0, 0.1) is 0 Å². The monoisotopic (exact) mass is 361 g/mol. The van der Waals surface area contributed by atoms with E-state index < -0.39 is 5.60 Å². The number of aliphatic hydroxyl groups excluding tert-OH is 1. The quantitative estimate of drug-likeness (QED) is 0.514. The van der Waals surface area contributed by atoms with Crippen LogP contribution in [-0.4, -0.2) is 47.4 Å². The molecule has 8 nitrogen and oxygen atoms in total. The van der Waals surface area contributed by atoms with E-state index in [-0.39, 0.29) is 18.7 Å². The number of pyridine rings is 1. The van der Waals surface area contributed by atoms with E-state index in [1.165, 1.54) is 22.6 Å². The molecule has 0 bridgehead atoms. The van der Waals surface area contributed by atoms with Crippen molar-refractivity contribution in [1.82, 2.24) is 24.3 Å². The van der Waals surface area contributed by atoms with Gasteiger partial charge in [-0.2, -0.15) is 0 Å². The largest absolute Gasteiger partial charge is 0.394 e. The summed E-state index contributed by atoms with van der Waals surface area (Å²) >= 11 is 1.37. The van der Waals surface area contributed by atoms with Gasteiger partial charge in [-0.25, -0.2) is 24.3 Å². The zero-order chi connectivity index (χ0) is 18.2. The molecule has 2 N–H and O–H groups in total. The van der Waals surface area contributed by atoms with Crippen LogP contribution in [0.25, 0.3) is 16.9 Å². The molecule has 0 aliphatic carbocycles. The van der Waals surface area contributed by atoms with E-state index in [0.717, 1.165) is 0 Å². The van der Waals surface area contributed by atoms with Gasteiger partial charge in [-0.15, -0.1) is 0 Å². The van der Waals surface area contributed by atoms with Crippen molar-refractivity contribution in [2.24, 2.45) is 0 Å². The zero-order valence-corrected chi connectivity index (χ0v) is 15.0. The van der Waals surface area contributed by atoms with Gasteiger partial charge in [0, 0.05) is 6.20 Å². The first-order valence-electron chi connectivity index (χ1n) is 7.70. The van der Waals surface area contributed by atoms with Crippen molar-refractivity contribution in [3.05, 3.63) is 40.4 Å². The van der Waals surface area contributed by atoms with Gasteiger partial charge in [0.15, 0.2) is 16.6 Å². The second-order valence-corrected chi connectivity index (χ2v) is 6.77. The Bertz CT molecular complexity index is 974. The van der Waals surface area contributed by atoms with E-state index in [9.17, 15) is 15.0 Å². The van der Waals surface area contributed by atoms with E-state index in [0.29, 0.717) is 27.7 Å². The fraction of sp³-hybridized carbons (Fsp3) is 0.375. The highest BCUT2D eigenvalue weighted by atomic mass is 32.2. The third kappa shape index (κ3) is 3.17. The summed E-state index contributed by atoms with van der Waals surface area (Å²) in [6.45, 7) is 3.17. The maximum atomic E-state index is 12.7. The molecule has 3 aromatic rings. The van der Waals surface area contributed by atoms with Crippen molar-refractivity contribution in [2.45, 2.75) is 31.1 Å². The highest BCUT2D eigenvalue weighted by Gasteiger charge is 2.21. The lowest BCUT2D eigenvalue weighted by molar-refractivity contribution is 0.0737. The number of aromatic nitrogens is 5. The Balaban J connectivity index is 2.34. The molecule has 0 atom stereocenters. The minimum absolute atomic E-state index is 0.0955. The van der Waals surface area contributed by atoms with E-state index in [1.807, 2.05) is 6.26 Å². The molecular weight excluding hydrogens is 342 g/mol. The van der Waals surface area contributed by atoms with Gasteiger partial charge in [0.05, 0.1) is 18.8 Å². The van der Waals surface area contributed by atoms with Gasteiger partial charge >= 0.3 is 0 Å². The molecule has 132 valence electrons. The van der Waals surface area contributed by atoms with Crippen molar-refractivity contribution >= 4 is 22.8 Å². The number of rotatable bonds is 5. The molecule has 0 fully saturated rings. The molecule has 3 rings (SSSR count). The average molecular weight is 361 g/mol. The van der Waals surface area contributed by atoms with E-state index in [4.69, 9.17) is 0 Å². The van der Waals surface area contributed by atoms with Crippen molar-refractivity contribution in [2.75, 3.05) is 12.9 Å². The van der Waals surface area contributed by atoms with Gasteiger partial charge in [-0.05, 0) is 32.2 Å². The number of fused-ring (bicyclic) bond motifs is 1. The highest BCUT2D eigenvalue weighted by molar-refractivity contribution is 7.98. The van der Waals surface area contributed by atoms with Crippen LogP contribution in [0.2, 0.25) is 0 Å². The lowest BCUT2D eigenvalue weighted by Crippen LogP contribution is -2.25. The Labute approximate surface area is 148 Å². The van der Waals surface area contributed by atoms with Crippen LogP contribution >= 0.6 is 11.8 Å². The van der Waals surface area contributed by atoms with Gasteiger partial charge in [-0.3, -0.25) is 4.79 Å². The number of nitrogens with zero attached hydrogens (tertiary/aromatic N) is 5. The molecule has 0 aliphatic heterocycles. The normalized spacial score (nSPS) is 12.0. The third-order valence-electron chi connectivity index (χ3n) is 3.73. The first-order chi connectivity index (χ1) is 11.9. The Kier molecular flexibility index (Phi) is 4.63. The molecular formula is C16H19N5O3S. The highest BCUT2D eigenvalue weighted by Crippen LogP contribution is 2.21. The van der Waals surface area contributed by atoms with Crippen LogP contribution in [0.5, 0.6) is 0 Å². The maximum absolute atomic E-state index is 12.7. The van der Waals surface area contributed by atoms with Gasteiger partial charge in [0.1, 0.15) is 11.0 Å². The second kappa shape index (κ2) is 6.58. The summed E-state index contributed by atoms with van der Waals surface area (Å²) in [5, 5.41) is 20.5. The average Bonchev–Trinajstić information content (AvgIpc) is 2.86. The molecule has 0 aromatic carbocycles. The minimum atomic E-state index is -1.12. The summed E-state index contributed by atoms with van der Waals surface area (Å²) in [5.41, 5.74) is -0.542. The summed E-state index contributed by atoms with van der Waals surface area (Å²) in [6, 6.07) is 5.20. The molecule has 0 radical (unpaired) electrons. The Morgan fingerprint density at radius 3 is 2.68 bits per heavy atom. The van der Waals surface area contributed by atoms with Crippen LogP contribution in [0.3, 0.4) is 0 Å². The topological polar surface area (TPSA) is 106 Å². The molecule has 0 amide bonds. The van der Waals surface area contributed by atoms with Crippen LogP contribution < -0.4 is 5.56 Å². The predicted octanol–water partition coefficient (Wildman–Crippen LogP) is 0.919. The number of hydrogen-bond donors (Lipinski definition) is 2. The summed E-state index contributed by atoms with van der Waals surface area (Å²) in [5.74, 6) is 0.436. The molecule has 3 aromatic heterocycles. The molecule has 0 aliphatic rings. The van der Waals surface area contributed by atoms with Gasteiger partial charge in [0.25, 0.3) is 5.56 Å². The maximum Gasteiger partial charge on any atom is 0.278 e. The van der Waals surface area contributed by atoms with Crippen LogP contribution in [0.4, 0.5) is 0 Å². The predicted molar refractivity (Wildman–Crippen MR) is 95.0 cm³/mol. The minimum Gasteiger partial charge on any atom is -0.394 e. The Hall–Kier alpha value is -2.23. The summed E-state index contributed by atoms with van der Waals surface area (Å²) in [6.07, 6.45) is 3.34. The van der Waals surface area contributed by atoms with Crippen molar-refractivity contribution in [3.63, 3.8) is 0 Å². The number of thioether (sulfide) groups is 1. The van der Waals surface area contributed by atoms with Crippen LogP contribution in [0.1, 0.15) is 19.5 Å². The second-order valence-electron chi connectivity index (χ2n) is 6.00. The number of hydrogen-bond acceptors (Lipinski definition) is 7. The standard InChI is InChI=1S/C16H19N5O3S/c1-16(2,24)11-5-4-6-12(18-11)21-13-10(9-17-15(19-13)25-3)14(23)20(21)7-8-22/h4-6,9,22,24H,7-8H2,1-3H3. The first-order valence-corrected chi connectivity index (χ1v) is 8.93. The van der Waals surface area contributed by atoms with E-state index in [2.05, 4.69) is 15.0 Å². The lowest BCUT2D eigenvalue weighted by Gasteiger charge is -2.18. The molecule has 0 unspecified atom stereocenters. The van der Waals surface area contributed by atoms with Crippen molar-refractivity contribution < 1.29 is 10.2 Å². The first kappa shape index (κ1) is 17.6. The molecule has 0 spiro atoms. The molecule has 25 heavy (non-hydrogen) atoms. The molecule has 9 heteroatoms. The molecule has 0 saturated carbocycles. The van der Waals surface area contributed by atoms with Gasteiger partial charge in [-0.1, -0.05) is 17.8 Å². The molecule has 0 saturated heterocycles. The SMILES string of the molecule is CSc1ncc2c(=O)n(CCO)n(-c3cccc(C(C)(C)O)n3)c2n1. The van der Waals surface area contributed by atoms with Gasteiger partial charge < -0.3 is 10.2 Å². The third-order valence-corrected chi connectivity index (χ3v) is 4.29. The Morgan fingerprint density at radius 2 is 2.04 bits per heavy atom. The van der Waals surface area contributed by atoms with Crippen LogP contribution in [0.15, 0.2) is 34.3 Å². The summed E-state index contributed by atoms with van der Waals surface area (Å²) in [7, 11) is 0. The van der Waals surface area contributed by atoms with Crippen LogP contribution in [-0.2, 0) is 12.1 Å². The van der Waals surface area contributed by atoms with Crippen molar-refractivity contribution in [1.29, 1.82) is 0 Å². The summed E-state index contributed by atoms with van der Waals surface area (Å²) in [4.78, 5) is 25.7. The van der Waals surface area contributed by atoms with Gasteiger partial charge in [0.2, 0.25) is 0 Å². The lowest BCUT2D eigenvalue weighted by atomic mass is 10.1. The van der Waals surface area contributed by atoms with E-state index >= 15 is 0 Å². The summed E-state index contributed by atoms with van der Waals surface area (Å²) < 4.78 is 2.93. The number of aliphatic hydroxyl groups is 2. The Morgan fingerprint density at radius 1 is 1.28 bits per heavy atom. The molecule has 3 heterocycles. The fourth-order valence-corrected chi connectivity index (χ4v) is 2.86. The smallest absolute Gasteiger partial charge is 0.278 e. The fourth-order valence-electron chi connectivity index (χ4n) is 2.52.